The van der Waals surface area contributed by atoms with Crippen LogP contribution in [0.1, 0.15) is 42.5 Å². The minimum absolute atomic E-state index is 0.313. The van der Waals surface area contributed by atoms with Crippen molar-refractivity contribution in [2.45, 2.75) is 39.2 Å². The lowest BCUT2D eigenvalue weighted by molar-refractivity contribution is 0.0712. The van der Waals surface area contributed by atoms with E-state index >= 15 is 0 Å². The van der Waals surface area contributed by atoms with Crippen molar-refractivity contribution in [1.82, 2.24) is 4.90 Å². The summed E-state index contributed by atoms with van der Waals surface area (Å²) in [5.74, 6) is 0.465. The zero-order chi connectivity index (χ0) is 23.0. The fourth-order valence-corrected chi connectivity index (χ4v) is 3.92. The molecule has 0 bridgehead atoms. The lowest BCUT2D eigenvalue weighted by atomic mass is 9.81. The number of likely N-dealkylation sites (N-methyl/N-ethyl adjacent to an activating group) is 1. The van der Waals surface area contributed by atoms with Crippen LogP contribution in [0.5, 0.6) is 5.75 Å². The van der Waals surface area contributed by atoms with Crippen molar-refractivity contribution in [3.8, 4) is 5.75 Å². The van der Waals surface area contributed by atoms with Crippen molar-refractivity contribution < 1.29 is 14.2 Å². The average Bonchev–Trinajstić information content (AvgIpc) is 2.82. The first-order valence-electron chi connectivity index (χ1n) is 11.4. The van der Waals surface area contributed by atoms with Gasteiger partial charge >= 0.3 is 0 Å². The molecule has 0 spiro atoms. The first-order chi connectivity index (χ1) is 15.4. The van der Waals surface area contributed by atoms with Crippen molar-refractivity contribution in [2.75, 3.05) is 26.2 Å². The molecule has 0 saturated carbocycles. The third kappa shape index (κ3) is 6.18. The summed E-state index contributed by atoms with van der Waals surface area (Å²) in [7, 11) is 0. The summed E-state index contributed by atoms with van der Waals surface area (Å²) >= 11 is 0. The molecule has 0 amide bonds. The van der Waals surface area contributed by atoms with Gasteiger partial charge < -0.3 is 14.7 Å². The zero-order valence-corrected chi connectivity index (χ0v) is 19.4. The molecular formula is C28H34FNO2. The fourth-order valence-electron chi connectivity index (χ4n) is 3.92. The van der Waals surface area contributed by atoms with Crippen LogP contribution in [0.2, 0.25) is 0 Å². The summed E-state index contributed by atoms with van der Waals surface area (Å²) in [6.07, 6.45) is 1.19. The average molecular weight is 436 g/mol. The predicted octanol–water partition coefficient (Wildman–Crippen LogP) is 5.72. The molecule has 0 aromatic heterocycles. The van der Waals surface area contributed by atoms with E-state index in [4.69, 9.17) is 4.74 Å². The molecule has 0 fully saturated rings. The van der Waals surface area contributed by atoms with Gasteiger partial charge in [0.25, 0.3) is 0 Å². The first-order valence-corrected chi connectivity index (χ1v) is 11.4. The number of aliphatic hydroxyl groups is 1. The van der Waals surface area contributed by atoms with Crippen LogP contribution in [0, 0.1) is 12.7 Å². The second kappa shape index (κ2) is 11.3. The van der Waals surface area contributed by atoms with Crippen LogP contribution in [0.25, 0.3) is 0 Å². The van der Waals surface area contributed by atoms with Gasteiger partial charge in [-0.15, -0.1) is 0 Å². The molecule has 3 aromatic rings. The lowest BCUT2D eigenvalue weighted by Crippen LogP contribution is -2.28. The van der Waals surface area contributed by atoms with Gasteiger partial charge in [0, 0.05) is 6.54 Å². The largest absolute Gasteiger partial charge is 0.492 e. The van der Waals surface area contributed by atoms with Gasteiger partial charge in [-0.2, -0.15) is 0 Å². The van der Waals surface area contributed by atoms with Gasteiger partial charge in [0.2, 0.25) is 0 Å². The SMILES string of the molecule is CCN(CC)CCOc1ccc(C(O)(CCc2ccc(C)cc2)c2ccc(F)cc2)cc1. The first kappa shape index (κ1) is 24.0. The van der Waals surface area contributed by atoms with Crippen LogP contribution in [-0.2, 0) is 12.0 Å². The predicted molar refractivity (Wildman–Crippen MR) is 129 cm³/mol. The lowest BCUT2D eigenvalue weighted by Gasteiger charge is -2.30. The van der Waals surface area contributed by atoms with E-state index in [1.54, 1.807) is 12.1 Å². The van der Waals surface area contributed by atoms with Crippen molar-refractivity contribution in [2.24, 2.45) is 0 Å². The molecule has 4 heteroatoms. The van der Waals surface area contributed by atoms with Crippen molar-refractivity contribution >= 4 is 0 Å². The number of aryl methyl sites for hydroxylation is 2. The highest BCUT2D eigenvalue weighted by molar-refractivity contribution is 5.39. The third-order valence-electron chi connectivity index (χ3n) is 6.12. The van der Waals surface area contributed by atoms with E-state index in [9.17, 15) is 9.50 Å². The van der Waals surface area contributed by atoms with Gasteiger partial charge in [-0.25, -0.2) is 4.39 Å². The van der Waals surface area contributed by atoms with E-state index in [0.29, 0.717) is 25.0 Å². The monoisotopic (exact) mass is 435 g/mol. The minimum atomic E-state index is -1.22. The normalized spacial score (nSPS) is 13.2. The van der Waals surface area contributed by atoms with Gasteiger partial charge in [-0.05, 0) is 73.8 Å². The smallest absolute Gasteiger partial charge is 0.123 e. The highest BCUT2D eigenvalue weighted by Gasteiger charge is 2.31. The summed E-state index contributed by atoms with van der Waals surface area (Å²) in [6, 6.07) is 22.1. The van der Waals surface area contributed by atoms with E-state index in [2.05, 4.69) is 49.9 Å². The summed E-state index contributed by atoms with van der Waals surface area (Å²) in [6.45, 7) is 9.86. The highest BCUT2D eigenvalue weighted by Crippen LogP contribution is 2.35. The van der Waals surface area contributed by atoms with Gasteiger partial charge in [0.05, 0.1) is 0 Å². The number of hydrogen-bond acceptors (Lipinski definition) is 3. The molecule has 170 valence electrons. The Bertz CT molecular complexity index is 950. The maximum absolute atomic E-state index is 13.5. The molecule has 1 unspecified atom stereocenters. The molecule has 0 saturated heterocycles. The summed E-state index contributed by atoms with van der Waals surface area (Å²) in [5.41, 5.74) is 2.60. The van der Waals surface area contributed by atoms with Crippen LogP contribution < -0.4 is 4.74 Å². The minimum Gasteiger partial charge on any atom is -0.492 e. The maximum Gasteiger partial charge on any atom is 0.123 e. The third-order valence-corrected chi connectivity index (χ3v) is 6.12. The van der Waals surface area contributed by atoms with Crippen molar-refractivity contribution in [3.63, 3.8) is 0 Å². The van der Waals surface area contributed by atoms with E-state index in [1.165, 1.54) is 17.7 Å². The van der Waals surface area contributed by atoms with Crippen LogP contribution in [-0.4, -0.2) is 36.2 Å². The second-order valence-electron chi connectivity index (χ2n) is 8.25. The second-order valence-corrected chi connectivity index (χ2v) is 8.25. The molecule has 0 radical (unpaired) electrons. The molecule has 0 heterocycles. The van der Waals surface area contributed by atoms with Crippen molar-refractivity contribution in [1.29, 1.82) is 0 Å². The molecule has 1 atom stereocenters. The van der Waals surface area contributed by atoms with E-state index < -0.39 is 5.60 Å². The van der Waals surface area contributed by atoms with Crippen LogP contribution in [0.4, 0.5) is 4.39 Å². The molecular weight excluding hydrogens is 401 g/mol. The number of rotatable bonds is 11. The topological polar surface area (TPSA) is 32.7 Å². The quantitative estimate of drug-likeness (QED) is 0.418. The molecule has 1 N–H and O–H groups in total. The van der Waals surface area contributed by atoms with Gasteiger partial charge in [-0.3, -0.25) is 0 Å². The number of benzene rings is 3. The Balaban J connectivity index is 1.78. The van der Waals surface area contributed by atoms with E-state index in [1.807, 2.05) is 24.3 Å². The molecule has 0 aliphatic rings. The maximum atomic E-state index is 13.5. The summed E-state index contributed by atoms with van der Waals surface area (Å²) in [5, 5.41) is 11.8. The molecule has 3 nitrogen and oxygen atoms in total. The Labute approximate surface area is 191 Å². The number of nitrogens with zero attached hydrogens (tertiary/aromatic N) is 1. The Kier molecular flexibility index (Phi) is 8.43. The van der Waals surface area contributed by atoms with Crippen LogP contribution in [0.3, 0.4) is 0 Å². The molecule has 32 heavy (non-hydrogen) atoms. The number of hydrogen-bond donors (Lipinski definition) is 1. The molecule has 0 aliphatic heterocycles. The standard InChI is InChI=1S/C28H34FNO2/c1-4-30(5-2)20-21-32-27-16-12-25(13-17-27)28(31,24-10-14-26(29)15-11-24)19-18-23-8-6-22(3)7-9-23/h6-17,31H,4-5,18-21H2,1-3H3. The molecule has 3 aromatic carbocycles. The number of ether oxygens (including phenoxy) is 1. The van der Waals surface area contributed by atoms with Gasteiger partial charge in [0.15, 0.2) is 0 Å². The zero-order valence-electron chi connectivity index (χ0n) is 19.4. The number of halogens is 1. The van der Waals surface area contributed by atoms with E-state index in [0.717, 1.165) is 36.5 Å². The van der Waals surface area contributed by atoms with Gasteiger partial charge in [0.1, 0.15) is 23.8 Å². The summed E-state index contributed by atoms with van der Waals surface area (Å²) in [4.78, 5) is 2.31. The summed E-state index contributed by atoms with van der Waals surface area (Å²) < 4.78 is 19.4. The Hall–Kier alpha value is -2.69. The van der Waals surface area contributed by atoms with Crippen LogP contribution >= 0.6 is 0 Å². The molecule has 3 rings (SSSR count). The van der Waals surface area contributed by atoms with E-state index in [-0.39, 0.29) is 5.82 Å². The van der Waals surface area contributed by atoms with Crippen molar-refractivity contribution in [3.05, 3.63) is 101 Å². The molecule has 0 aliphatic carbocycles. The Morgan fingerprint density at radius 1 is 0.844 bits per heavy atom. The Morgan fingerprint density at radius 3 is 1.97 bits per heavy atom. The Morgan fingerprint density at radius 2 is 1.41 bits per heavy atom. The van der Waals surface area contributed by atoms with Crippen LogP contribution in [0.15, 0.2) is 72.8 Å². The highest BCUT2D eigenvalue weighted by atomic mass is 19.1. The fraction of sp³-hybridized carbons (Fsp3) is 0.357. The van der Waals surface area contributed by atoms with Gasteiger partial charge in [-0.1, -0.05) is 67.9 Å².